The lowest BCUT2D eigenvalue weighted by atomic mass is 9.83. The standard InChI is InChI=1S/C17H20N6/c18-9-2-1-3-12-4-6-13(7-5-12)23-16-14-8-10-19-17(14)20-11-15(16)21-22-23/h8,10-13,22H,1-7H2. The highest BCUT2D eigenvalue weighted by Gasteiger charge is 2.24. The van der Waals surface area contributed by atoms with Crippen LogP contribution in [0.1, 0.15) is 51.0 Å². The number of hydrogen-bond acceptors (Lipinski definition) is 4. The normalized spacial score (nSPS) is 21.7. The first-order valence-corrected chi connectivity index (χ1v) is 8.40. The van der Waals surface area contributed by atoms with Crippen LogP contribution in [-0.4, -0.2) is 25.0 Å². The van der Waals surface area contributed by atoms with Gasteiger partial charge in [0, 0.05) is 18.0 Å². The SMILES string of the molecule is N#CCCCC1CCC(n2[nH]nc3cnc4nccc4c32)CC1. The molecule has 1 saturated carbocycles. The fourth-order valence-corrected chi connectivity index (χ4v) is 3.85. The Morgan fingerprint density at radius 2 is 2.13 bits per heavy atom. The zero-order valence-electron chi connectivity index (χ0n) is 13.1. The fraction of sp³-hybridized carbons (Fsp3) is 0.529. The van der Waals surface area contributed by atoms with Crippen LogP contribution < -0.4 is 0 Å². The molecule has 0 atom stereocenters. The summed E-state index contributed by atoms with van der Waals surface area (Å²) < 4.78 is 2.21. The highest BCUT2D eigenvalue weighted by atomic mass is 15.4. The van der Waals surface area contributed by atoms with Crippen molar-refractivity contribution in [2.75, 3.05) is 0 Å². The highest BCUT2D eigenvalue weighted by Crippen LogP contribution is 2.36. The van der Waals surface area contributed by atoms with Crippen LogP contribution in [0.15, 0.2) is 18.5 Å². The number of fused-ring (bicyclic) bond motifs is 3. The van der Waals surface area contributed by atoms with Crippen LogP contribution in [0.3, 0.4) is 0 Å². The van der Waals surface area contributed by atoms with E-state index in [1.807, 2.05) is 6.07 Å². The molecule has 1 aliphatic rings. The van der Waals surface area contributed by atoms with Crippen molar-refractivity contribution in [3.05, 3.63) is 18.5 Å². The summed E-state index contributed by atoms with van der Waals surface area (Å²) in [4.78, 5) is 8.64. The molecule has 118 valence electrons. The lowest BCUT2D eigenvalue weighted by Gasteiger charge is -2.29. The Bertz CT molecular complexity index is 847. The number of pyridine rings is 1. The molecule has 1 fully saturated rings. The Balaban J connectivity index is 1.54. The smallest absolute Gasteiger partial charge is 0.161 e. The third-order valence-corrected chi connectivity index (χ3v) is 5.09. The second-order valence-corrected chi connectivity index (χ2v) is 6.48. The molecule has 4 rings (SSSR count). The first-order chi connectivity index (χ1) is 11.4. The van der Waals surface area contributed by atoms with Crippen molar-refractivity contribution >= 4 is 22.1 Å². The summed E-state index contributed by atoms with van der Waals surface area (Å²) in [6.07, 6.45) is 11.3. The first kappa shape index (κ1) is 14.2. The maximum Gasteiger partial charge on any atom is 0.161 e. The van der Waals surface area contributed by atoms with E-state index in [-0.39, 0.29) is 0 Å². The van der Waals surface area contributed by atoms with Gasteiger partial charge in [0.15, 0.2) is 5.65 Å². The Hall–Kier alpha value is -2.42. The lowest BCUT2D eigenvalue weighted by Crippen LogP contribution is -2.19. The maximum atomic E-state index is 8.66. The molecule has 0 spiro atoms. The van der Waals surface area contributed by atoms with Gasteiger partial charge in [0.05, 0.1) is 23.8 Å². The van der Waals surface area contributed by atoms with Gasteiger partial charge >= 0.3 is 0 Å². The van der Waals surface area contributed by atoms with Crippen molar-refractivity contribution in [3.63, 3.8) is 0 Å². The van der Waals surface area contributed by atoms with E-state index in [2.05, 4.69) is 31.0 Å². The molecular formula is C17H20N6. The van der Waals surface area contributed by atoms with Gasteiger partial charge in [-0.2, -0.15) is 10.4 Å². The van der Waals surface area contributed by atoms with Crippen molar-refractivity contribution in [2.45, 2.75) is 51.0 Å². The molecule has 3 aromatic rings. The molecule has 0 unspecified atom stereocenters. The number of H-pyrrole nitrogens is 1. The minimum atomic E-state index is 0.465. The molecule has 6 nitrogen and oxygen atoms in total. The minimum absolute atomic E-state index is 0.465. The Kier molecular flexibility index (Phi) is 3.70. The van der Waals surface area contributed by atoms with Crippen molar-refractivity contribution in [3.8, 4) is 6.07 Å². The van der Waals surface area contributed by atoms with E-state index < -0.39 is 0 Å². The number of rotatable bonds is 4. The molecule has 23 heavy (non-hydrogen) atoms. The van der Waals surface area contributed by atoms with E-state index >= 15 is 0 Å². The summed E-state index contributed by atoms with van der Waals surface area (Å²) in [5, 5.41) is 17.3. The number of hydrogen-bond donors (Lipinski definition) is 1. The Labute approximate surface area is 134 Å². The van der Waals surface area contributed by atoms with E-state index in [9.17, 15) is 0 Å². The molecule has 0 radical (unpaired) electrons. The highest BCUT2D eigenvalue weighted by molar-refractivity contribution is 6.00. The molecule has 3 heterocycles. The number of nitrogens with one attached hydrogen (secondary N) is 1. The van der Waals surface area contributed by atoms with Gasteiger partial charge in [-0.15, -0.1) is 0 Å². The van der Waals surface area contributed by atoms with Gasteiger partial charge in [0.25, 0.3) is 0 Å². The van der Waals surface area contributed by atoms with Gasteiger partial charge in [-0.25, -0.2) is 15.2 Å². The van der Waals surface area contributed by atoms with Crippen LogP contribution in [0.4, 0.5) is 0 Å². The molecule has 0 aliphatic heterocycles. The van der Waals surface area contributed by atoms with E-state index in [1.54, 1.807) is 12.4 Å². The van der Waals surface area contributed by atoms with Crippen LogP contribution >= 0.6 is 0 Å². The van der Waals surface area contributed by atoms with Crippen molar-refractivity contribution in [2.24, 2.45) is 5.92 Å². The average molecular weight is 308 g/mol. The van der Waals surface area contributed by atoms with Gasteiger partial charge in [-0.05, 0) is 50.5 Å². The predicted octanol–water partition coefficient (Wildman–Crippen LogP) is 3.73. The number of nitriles is 1. The molecular weight excluding hydrogens is 288 g/mol. The first-order valence-electron chi connectivity index (χ1n) is 8.40. The van der Waals surface area contributed by atoms with E-state index in [1.165, 1.54) is 19.3 Å². The molecule has 1 aliphatic carbocycles. The Morgan fingerprint density at radius 3 is 2.96 bits per heavy atom. The van der Waals surface area contributed by atoms with E-state index in [0.717, 1.165) is 47.2 Å². The molecule has 0 amide bonds. The summed E-state index contributed by atoms with van der Waals surface area (Å²) in [5.74, 6) is 0.775. The topological polar surface area (TPSA) is 83.2 Å². The van der Waals surface area contributed by atoms with Crippen LogP contribution in [0.2, 0.25) is 0 Å². The van der Waals surface area contributed by atoms with Crippen LogP contribution in [-0.2, 0) is 0 Å². The zero-order chi connectivity index (χ0) is 15.6. The molecule has 0 aromatic carbocycles. The molecule has 3 aromatic heterocycles. The summed E-state index contributed by atoms with van der Waals surface area (Å²) in [6, 6.07) is 4.73. The molecule has 0 bridgehead atoms. The van der Waals surface area contributed by atoms with Crippen LogP contribution in [0.5, 0.6) is 0 Å². The fourth-order valence-electron chi connectivity index (χ4n) is 3.85. The van der Waals surface area contributed by atoms with Crippen LogP contribution in [0, 0.1) is 17.2 Å². The summed E-state index contributed by atoms with van der Waals surface area (Å²) in [5.41, 5.74) is 2.82. The largest absolute Gasteiger partial charge is 0.266 e. The quantitative estimate of drug-likeness (QED) is 0.744. The number of aromatic nitrogens is 5. The van der Waals surface area contributed by atoms with Gasteiger partial charge in [0.2, 0.25) is 0 Å². The second-order valence-electron chi connectivity index (χ2n) is 6.48. The number of aromatic amines is 1. The van der Waals surface area contributed by atoms with Gasteiger partial charge in [-0.1, -0.05) is 0 Å². The van der Waals surface area contributed by atoms with Crippen molar-refractivity contribution in [1.29, 1.82) is 5.26 Å². The minimum Gasteiger partial charge on any atom is -0.266 e. The molecule has 6 heteroatoms. The van der Waals surface area contributed by atoms with E-state index in [4.69, 9.17) is 5.26 Å². The van der Waals surface area contributed by atoms with Crippen molar-refractivity contribution < 1.29 is 0 Å². The maximum absolute atomic E-state index is 8.66. The summed E-state index contributed by atoms with van der Waals surface area (Å²) in [7, 11) is 0. The summed E-state index contributed by atoms with van der Waals surface area (Å²) >= 11 is 0. The molecule has 0 saturated heterocycles. The van der Waals surface area contributed by atoms with E-state index in [0.29, 0.717) is 12.5 Å². The Morgan fingerprint density at radius 1 is 1.26 bits per heavy atom. The lowest BCUT2D eigenvalue weighted by molar-refractivity contribution is 0.251. The number of nitrogens with zero attached hydrogens (tertiary/aromatic N) is 5. The van der Waals surface area contributed by atoms with Crippen LogP contribution in [0.25, 0.3) is 22.1 Å². The number of unbranched alkanes of at least 4 members (excludes halogenated alkanes) is 1. The van der Waals surface area contributed by atoms with Crippen molar-refractivity contribution in [1.82, 2.24) is 25.0 Å². The monoisotopic (exact) mass is 308 g/mol. The average Bonchev–Trinajstić information content (AvgIpc) is 3.21. The third-order valence-electron chi connectivity index (χ3n) is 5.09. The third kappa shape index (κ3) is 2.56. The van der Waals surface area contributed by atoms with Gasteiger partial charge in [0.1, 0.15) is 5.52 Å². The zero-order valence-corrected chi connectivity index (χ0v) is 13.1. The molecule has 1 N–H and O–H groups in total. The van der Waals surface area contributed by atoms with Gasteiger partial charge in [-0.3, -0.25) is 4.68 Å². The summed E-state index contributed by atoms with van der Waals surface area (Å²) in [6.45, 7) is 0. The van der Waals surface area contributed by atoms with Gasteiger partial charge < -0.3 is 0 Å². The predicted molar refractivity (Wildman–Crippen MR) is 87.6 cm³/mol. The second kappa shape index (κ2) is 5.99.